The van der Waals surface area contributed by atoms with Crippen molar-refractivity contribution in [3.8, 4) is 11.3 Å². The SMILES string of the molecule is CNC(OC(=N)c1ccc(C(C)(C)C)cc1)c1nc(-c2ccc([S+]([O-])C(C)C)cc2)cnc1N. The number of nitrogens with one attached hydrogen (secondary N) is 2. The number of rotatable bonds is 7. The maximum atomic E-state index is 12.3. The van der Waals surface area contributed by atoms with Crippen molar-refractivity contribution in [3.05, 3.63) is 71.5 Å². The molecule has 3 rings (SSSR count). The van der Waals surface area contributed by atoms with Gasteiger partial charge in [-0.15, -0.1) is 0 Å². The average Bonchev–Trinajstić information content (AvgIpc) is 2.82. The van der Waals surface area contributed by atoms with E-state index in [9.17, 15) is 4.55 Å². The molecule has 1 heterocycles. The van der Waals surface area contributed by atoms with E-state index in [1.807, 2.05) is 62.4 Å². The molecule has 180 valence electrons. The topological polar surface area (TPSA) is 120 Å². The molecule has 2 aromatic carbocycles. The Labute approximate surface area is 204 Å². The van der Waals surface area contributed by atoms with Gasteiger partial charge in [0.25, 0.3) is 0 Å². The molecule has 1 aromatic heterocycles. The zero-order valence-electron chi connectivity index (χ0n) is 20.5. The van der Waals surface area contributed by atoms with E-state index in [0.29, 0.717) is 17.0 Å². The summed E-state index contributed by atoms with van der Waals surface area (Å²) in [6, 6.07) is 15.2. The van der Waals surface area contributed by atoms with E-state index in [4.69, 9.17) is 15.9 Å². The van der Waals surface area contributed by atoms with Crippen molar-refractivity contribution < 1.29 is 9.29 Å². The van der Waals surface area contributed by atoms with Crippen LogP contribution < -0.4 is 11.1 Å². The van der Waals surface area contributed by atoms with Gasteiger partial charge in [0.1, 0.15) is 10.9 Å². The normalized spacial score (nSPS) is 13.5. The van der Waals surface area contributed by atoms with Crippen molar-refractivity contribution in [1.82, 2.24) is 15.3 Å². The van der Waals surface area contributed by atoms with E-state index < -0.39 is 17.4 Å². The number of hydrogen-bond donors (Lipinski definition) is 3. The summed E-state index contributed by atoms with van der Waals surface area (Å²) in [4.78, 5) is 9.73. The van der Waals surface area contributed by atoms with E-state index in [2.05, 4.69) is 36.1 Å². The molecule has 0 aliphatic heterocycles. The fourth-order valence-corrected chi connectivity index (χ4v) is 4.28. The molecule has 2 unspecified atom stereocenters. The molecule has 0 fully saturated rings. The van der Waals surface area contributed by atoms with Crippen LogP contribution in [-0.4, -0.2) is 32.7 Å². The standard InChI is InChI=1S/C26H33N5O2S/c1-16(2)34(32)20-13-9-17(10-14-20)21-15-30-23(27)22(31-21)25(29-6)33-24(28)18-7-11-19(12-8-18)26(3,4)5/h7-16,25,28-29H,1-6H3,(H2,27,30). The van der Waals surface area contributed by atoms with Crippen LogP contribution in [0.4, 0.5) is 5.82 Å². The fraction of sp³-hybridized carbons (Fsp3) is 0.346. The first kappa shape index (κ1) is 25.7. The first-order valence-corrected chi connectivity index (χ1v) is 12.4. The van der Waals surface area contributed by atoms with Gasteiger partial charge in [0.2, 0.25) is 5.90 Å². The summed E-state index contributed by atoms with van der Waals surface area (Å²) in [5.74, 6) is 0.225. The summed E-state index contributed by atoms with van der Waals surface area (Å²) < 4.78 is 18.2. The van der Waals surface area contributed by atoms with Crippen LogP contribution >= 0.6 is 0 Å². The minimum absolute atomic E-state index is 0.00642. The number of nitrogens with two attached hydrogens (primary N) is 1. The molecule has 4 N–H and O–H groups in total. The number of ether oxygens (including phenoxy) is 1. The zero-order chi connectivity index (χ0) is 25.0. The van der Waals surface area contributed by atoms with Crippen molar-refractivity contribution in [2.75, 3.05) is 12.8 Å². The molecule has 8 heteroatoms. The average molecular weight is 480 g/mol. The van der Waals surface area contributed by atoms with Gasteiger partial charge in [-0.3, -0.25) is 10.7 Å². The van der Waals surface area contributed by atoms with Gasteiger partial charge in [-0.25, -0.2) is 9.97 Å². The number of nitrogen functional groups attached to an aromatic ring is 1. The van der Waals surface area contributed by atoms with Gasteiger partial charge >= 0.3 is 0 Å². The summed E-state index contributed by atoms with van der Waals surface area (Å²) in [6.45, 7) is 10.3. The van der Waals surface area contributed by atoms with E-state index in [-0.39, 0.29) is 22.4 Å². The van der Waals surface area contributed by atoms with E-state index in [1.54, 1.807) is 13.2 Å². The van der Waals surface area contributed by atoms with Crippen molar-refractivity contribution in [3.63, 3.8) is 0 Å². The second-order valence-corrected chi connectivity index (χ2v) is 11.3. The Bertz CT molecular complexity index is 1130. The number of anilines is 1. The lowest BCUT2D eigenvalue weighted by atomic mass is 9.87. The van der Waals surface area contributed by atoms with E-state index in [1.165, 1.54) is 5.56 Å². The van der Waals surface area contributed by atoms with Crippen molar-refractivity contribution in [2.45, 2.75) is 56.4 Å². The lowest BCUT2D eigenvalue weighted by molar-refractivity contribution is 0.158. The van der Waals surface area contributed by atoms with Crippen LogP contribution in [0.15, 0.2) is 59.6 Å². The molecule has 0 saturated carbocycles. The predicted octanol–water partition coefficient (Wildman–Crippen LogP) is 4.80. The Morgan fingerprint density at radius 2 is 1.71 bits per heavy atom. The van der Waals surface area contributed by atoms with E-state index in [0.717, 1.165) is 10.5 Å². The molecule has 0 aliphatic rings. The second-order valence-electron chi connectivity index (χ2n) is 9.34. The number of nitrogens with zero attached hydrogens (tertiary/aromatic N) is 2. The molecule has 7 nitrogen and oxygen atoms in total. The Kier molecular flexibility index (Phi) is 7.97. The first-order valence-electron chi connectivity index (χ1n) is 11.2. The molecular formula is C26H33N5O2S. The number of benzene rings is 2. The number of hydrogen-bond acceptors (Lipinski definition) is 7. The van der Waals surface area contributed by atoms with Gasteiger partial charge in [0, 0.05) is 11.1 Å². The molecule has 0 aliphatic carbocycles. The third kappa shape index (κ3) is 5.94. The highest BCUT2D eigenvalue weighted by Crippen LogP contribution is 2.26. The van der Waals surface area contributed by atoms with Crippen molar-refractivity contribution in [2.24, 2.45) is 0 Å². The predicted molar refractivity (Wildman–Crippen MR) is 138 cm³/mol. The van der Waals surface area contributed by atoms with Crippen LogP contribution in [0, 0.1) is 5.41 Å². The molecule has 0 amide bonds. The lowest BCUT2D eigenvalue weighted by Gasteiger charge is -2.21. The minimum Gasteiger partial charge on any atom is -0.611 e. The molecule has 3 aromatic rings. The Morgan fingerprint density at radius 3 is 2.24 bits per heavy atom. The monoisotopic (exact) mass is 479 g/mol. The molecule has 0 bridgehead atoms. The lowest BCUT2D eigenvalue weighted by Crippen LogP contribution is -2.25. The zero-order valence-corrected chi connectivity index (χ0v) is 21.4. The molecule has 0 saturated heterocycles. The van der Waals surface area contributed by atoms with Crippen LogP contribution in [0.5, 0.6) is 0 Å². The minimum atomic E-state index is -1.06. The van der Waals surface area contributed by atoms with Crippen molar-refractivity contribution >= 4 is 22.9 Å². The largest absolute Gasteiger partial charge is 0.611 e. The molecule has 0 spiro atoms. The smallest absolute Gasteiger partial charge is 0.215 e. The Morgan fingerprint density at radius 1 is 1.09 bits per heavy atom. The highest BCUT2D eigenvalue weighted by atomic mass is 32.2. The van der Waals surface area contributed by atoms with Crippen LogP contribution in [0.2, 0.25) is 0 Å². The van der Waals surface area contributed by atoms with Gasteiger partial charge in [0.05, 0.1) is 11.9 Å². The molecular weight excluding hydrogens is 446 g/mol. The summed E-state index contributed by atoms with van der Waals surface area (Å²) in [7, 11) is 1.71. The fourth-order valence-electron chi connectivity index (χ4n) is 3.34. The summed E-state index contributed by atoms with van der Waals surface area (Å²) in [5.41, 5.74) is 9.81. The summed E-state index contributed by atoms with van der Waals surface area (Å²) >= 11 is -1.06. The molecule has 2 atom stereocenters. The quantitative estimate of drug-likeness (QED) is 0.194. The van der Waals surface area contributed by atoms with Gasteiger partial charge in [-0.2, -0.15) is 0 Å². The highest BCUT2D eigenvalue weighted by Gasteiger charge is 2.21. The maximum absolute atomic E-state index is 12.3. The highest BCUT2D eigenvalue weighted by molar-refractivity contribution is 7.92. The van der Waals surface area contributed by atoms with Gasteiger partial charge in [0.15, 0.2) is 16.9 Å². The first-order chi connectivity index (χ1) is 16.0. The van der Waals surface area contributed by atoms with Gasteiger partial charge in [-0.05, 0) is 79.4 Å². The van der Waals surface area contributed by atoms with Crippen LogP contribution in [0.3, 0.4) is 0 Å². The molecule has 0 radical (unpaired) electrons. The second kappa shape index (κ2) is 10.5. The van der Waals surface area contributed by atoms with E-state index >= 15 is 0 Å². The Hall–Kier alpha value is -2.94. The van der Waals surface area contributed by atoms with Crippen LogP contribution in [0.25, 0.3) is 11.3 Å². The molecule has 34 heavy (non-hydrogen) atoms. The third-order valence-corrected chi connectivity index (χ3v) is 6.99. The maximum Gasteiger partial charge on any atom is 0.215 e. The van der Waals surface area contributed by atoms with Crippen LogP contribution in [-0.2, 0) is 21.3 Å². The van der Waals surface area contributed by atoms with Crippen molar-refractivity contribution in [1.29, 1.82) is 5.41 Å². The summed E-state index contributed by atoms with van der Waals surface area (Å²) in [6.07, 6.45) is 0.839. The summed E-state index contributed by atoms with van der Waals surface area (Å²) in [5, 5.41) is 11.5. The third-order valence-electron chi connectivity index (χ3n) is 5.40. The number of aromatic nitrogens is 2. The van der Waals surface area contributed by atoms with Gasteiger partial charge < -0.3 is 15.0 Å². The van der Waals surface area contributed by atoms with Gasteiger partial charge in [-0.1, -0.05) is 32.9 Å². The Balaban J connectivity index is 1.82. The van der Waals surface area contributed by atoms with Crippen LogP contribution in [0.1, 0.15) is 57.7 Å².